The van der Waals surface area contributed by atoms with Gasteiger partial charge < -0.3 is 5.32 Å². The molecule has 0 radical (unpaired) electrons. The molecule has 0 amide bonds. The van der Waals surface area contributed by atoms with E-state index in [0.29, 0.717) is 17.3 Å². The minimum Gasteiger partial charge on any atom is -0.362 e. The zero-order valence-electron chi connectivity index (χ0n) is 12.2. The van der Waals surface area contributed by atoms with Crippen LogP contribution in [0.1, 0.15) is 43.0 Å². The molecule has 1 aromatic carbocycles. The Bertz CT molecular complexity index is 672. The van der Waals surface area contributed by atoms with Crippen LogP contribution in [0.25, 0.3) is 0 Å². The van der Waals surface area contributed by atoms with E-state index in [2.05, 4.69) is 15.3 Å². The van der Waals surface area contributed by atoms with Gasteiger partial charge in [0.15, 0.2) is 5.69 Å². The Morgan fingerprint density at radius 3 is 2.59 bits per heavy atom. The van der Waals surface area contributed by atoms with Crippen molar-refractivity contribution in [1.82, 2.24) is 9.97 Å². The Kier molecular flexibility index (Phi) is 4.29. The van der Waals surface area contributed by atoms with Crippen LogP contribution in [0.4, 0.5) is 10.2 Å². The van der Waals surface area contributed by atoms with Gasteiger partial charge in [0.25, 0.3) is 0 Å². The number of hydrogen-bond acceptors (Lipinski definition) is 4. The average Bonchev–Trinajstić information content (AvgIpc) is 3.08. The Hall–Kier alpha value is -2.48. The molecule has 2 aromatic rings. The van der Waals surface area contributed by atoms with Crippen molar-refractivity contribution >= 4 is 5.82 Å². The summed E-state index contributed by atoms with van der Waals surface area (Å²) >= 11 is 0. The SMILES string of the molecule is N#Cc1cnc(NC(c2ccccc2F)C2CCCC2)cn1. The molecule has 1 aliphatic rings. The molecule has 1 aromatic heterocycles. The van der Waals surface area contributed by atoms with E-state index in [9.17, 15) is 4.39 Å². The first-order valence-electron chi connectivity index (χ1n) is 7.51. The minimum atomic E-state index is -0.200. The van der Waals surface area contributed by atoms with E-state index in [4.69, 9.17) is 5.26 Å². The molecule has 1 fully saturated rings. The van der Waals surface area contributed by atoms with Crippen molar-refractivity contribution in [2.24, 2.45) is 5.92 Å². The van der Waals surface area contributed by atoms with Gasteiger partial charge in [0.05, 0.1) is 18.4 Å². The second-order valence-electron chi connectivity index (χ2n) is 5.59. The maximum absolute atomic E-state index is 14.2. The van der Waals surface area contributed by atoms with Crippen LogP contribution in [0.3, 0.4) is 0 Å². The van der Waals surface area contributed by atoms with E-state index in [-0.39, 0.29) is 17.6 Å². The quantitative estimate of drug-likeness (QED) is 0.931. The Labute approximate surface area is 129 Å². The zero-order valence-corrected chi connectivity index (χ0v) is 12.2. The van der Waals surface area contributed by atoms with Crippen LogP contribution < -0.4 is 5.32 Å². The molecule has 3 rings (SSSR count). The minimum absolute atomic E-state index is 0.120. The van der Waals surface area contributed by atoms with Gasteiger partial charge in [0.1, 0.15) is 17.7 Å². The largest absolute Gasteiger partial charge is 0.362 e. The molecule has 1 saturated carbocycles. The van der Waals surface area contributed by atoms with Gasteiger partial charge in [-0.25, -0.2) is 14.4 Å². The van der Waals surface area contributed by atoms with E-state index in [0.717, 1.165) is 12.8 Å². The lowest BCUT2D eigenvalue weighted by Gasteiger charge is -2.26. The van der Waals surface area contributed by atoms with Crippen molar-refractivity contribution in [2.45, 2.75) is 31.7 Å². The van der Waals surface area contributed by atoms with Gasteiger partial charge >= 0.3 is 0 Å². The van der Waals surface area contributed by atoms with Crippen LogP contribution in [-0.2, 0) is 0 Å². The number of nitrogens with one attached hydrogen (secondary N) is 1. The van der Waals surface area contributed by atoms with E-state index in [1.807, 2.05) is 18.2 Å². The summed E-state index contributed by atoms with van der Waals surface area (Å²) in [6.07, 6.45) is 7.47. The number of halogens is 1. The third-order valence-corrected chi connectivity index (χ3v) is 4.18. The molecule has 1 atom stereocenters. The smallest absolute Gasteiger partial charge is 0.158 e. The maximum Gasteiger partial charge on any atom is 0.158 e. The number of anilines is 1. The standard InChI is InChI=1S/C17H17FN4/c18-15-8-4-3-7-14(15)17(12-5-1-2-6-12)22-16-11-20-13(9-19)10-21-16/h3-4,7-8,10-12,17H,1-2,5-6H2,(H,21,22). The maximum atomic E-state index is 14.2. The Morgan fingerprint density at radius 2 is 1.95 bits per heavy atom. The van der Waals surface area contributed by atoms with Gasteiger partial charge in [-0.1, -0.05) is 31.0 Å². The van der Waals surface area contributed by atoms with Gasteiger partial charge in [-0.3, -0.25) is 0 Å². The molecular weight excluding hydrogens is 279 g/mol. The average molecular weight is 296 g/mol. The summed E-state index contributed by atoms with van der Waals surface area (Å²) in [6.45, 7) is 0. The van der Waals surface area contributed by atoms with Crippen molar-refractivity contribution < 1.29 is 4.39 Å². The van der Waals surface area contributed by atoms with E-state index in [1.54, 1.807) is 6.07 Å². The predicted molar refractivity (Wildman–Crippen MR) is 81.5 cm³/mol. The van der Waals surface area contributed by atoms with Gasteiger partial charge in [-0.05, 0) is 24.8 Å². The predicted octanol–water partition coefficient (Wildman–Crippen LogP) is 3.83. The highest BCUT2D eigenvalue weighted by molar-refractivity contribution is 5.38. The third kappa shape index (κ3) is 3.06. The fourth-order valence-electron chi connectivity index (χ4n) is 3.09. The summed E-state index contributed by atoms with van der Waals surface area (Å²) in [4.78, 5) is 8.21. The molecule has 4 nitrogen and oxygen atoms in total. The van der Waals surface area contributed by atoms with Gasteiger partial charge in [0.2, 0.25) is 0 Å². The lowest BCUT2D eigenvalue weighted by molar-refractivity contribution is 0.451. The molecule has 0 spiro atoms. The number of aromatic nitrogens is 2. The summed E-state index contributed by atoms with van der Waals surface area (Å²) in [5.41, 5.74) is 0.939. The zero-order chi connectivity index (χ0) is 15.4. The van der Waals surface area contributed by atoms with E-state index < -0.39 is 0 Å². The van der Waals surface area contributed by atoms with Crippen LogP contribution in [0.2, 0.25) is 0 Å². The van der Waals surface area contributed by atoms with Crippen LogP contribution >= 0.6 is 0 Å². The van der Waals surface area contributed by atoms with Crippen LogP contribution in [0.15, 0.2) is 36.7 Å². The molecule has 0 bridgehead atoms. The summed E-state index contributed by atoms with van der Waals surface area (Å²) in [5.74, 6) is 0.752. The van der Waals surface area contributed by atoms with Crippen LogP contribution in [-0.4, -0.2) is 9.97 Å². The van der Waals surface area contributed by atoms with Crippen molar-refractivity contribution in [3.8, 4) is 6.07 Å². The van der Waals surface area contributed by atoms with E-state index >= 15 is 0 Å². The molecule has 0 aliphatic heterocycles. The number of rotatable bonds is 4. The molecule has 1 heterocycles. The van der Waals surface area contributed by atoms with Crippen molar-refractivity contribution in [1.29, 1.82) is 5.26 Å². The number of hydrogen-bond donors (Lipinski definition) is 1. The van der Waals surface area contributed by atoms with Gasteiger partial charge in [-0.15, -0.1) is 0 Å². The molecule has 0 saturated heterocycles. The summed E-state index contributed by atoms with van der Waals surface area (Å²) in [5, 5.41) is 12.1. The second kappa shape index (κ2) is 6.52. The fraction of sp³-hybridized carbons (Fsp3) is 0.353. The molecule has 22 heavy (non-hydrogen) atoms. The number of benzene rings is 1. The highest BCUT2D eigenvalue weighted by Gasteiger charge is 2.28. The molecule has 1 N–H and O–H groups in total. The summed E-state index contributed by atoms with van der Waals surface area (Å²) < 4.78 is 14.2. The van der Waals surface area contributed by atoms with Crippen LogP contribution in [0, 0.1) is 23.1 Å². The highest BCUT2D eigenvalue weighted by Crippen LogP contribution is 2.38. The monoisotopic (exact) mass is 296 g/mol. The fourth-order valence-corrected chi connectivity index (χ4v) is 3.09. The van der Waals surface area contributed by atoms with Gasteiger partial charge in [-0.2, -0.15) is 5.26 Å². The normalized spacial score (nSPS) is 16.2. The molecule has 112 valence electrons. The first kappa shape index (κ1) is 14.5. The summed E-state index contributed by atoms with van der Waals surface area (Å²) in [7, 11) is 0. The lowest BCUT2D eigenvalue weighted by Crippen LogP contribution is -2.21. The van der Waals surface area contributed by atoms with Crippen molar-refractivity contribution in [3.05, 3.63) is 53.7 Å². The molecular formula is C17H17FN4. The topological polar surface area (TPSA) is 61.6 Å². The number of nitrogens with zero attached hydrogens (tertiary/aromatic N) is 3. The van der Waals surface area contributed by atoms with Crippen molar-refractivity contribution in [2.75, 3.05) is 5.32 Å². The molecule has 1 unspecified atom stereocenters. The lowest BCUT2D eigenvalue weighted by atomic mass is 9.91. The molecule has 1 aliphatic carbocycles. The molecule has 5 heteroatoms. The Balaban J connectivity index is 1.88. The van der Waals surface area contributed by atoms with Crippen LogP contribution in [0.5, 0.6) is 0 Å². The Morgan fingerprint density at radius 1 is 1.18 bits per heavy atom. The summed E-state index contributed by atoms with van der Waals surface area (Å²) in [6, 6.07) is 8.69. The second-order valence-corrected chi connectivity index (χ2v) is 5.59. The number of nitriles is 1. The third-order valence-electron chi connectivity index (χ3n) is 4.18. The van der Waals surface area contributed by atoms with Gasteiger partial charge in [0, 0.05) is 5.56 Å². The highest BCUT2D eigenvalue weighted by atomic mass is 19.1. The van der Waals surface area contributed by atoms with Crippen molar-refractivity contribution in [3.63, 3.8) is 0 Å². The first-order chi connectivity index (χ1) is 10.8. The first-order valence-corrected chi connectivity index (χ1v) is 7.51. The van der Waals surface area contributed by atoms with E-state index in [1.165, 1.54) is 31.3 Å².